The number of carbonyl (C=O) groups excluding carboxylic acids is 1. The van der Waals surface area contributed by atoms with Crippen molar-refractivity contribution in [2.45, 2.75) is 13.0 Å². The van der Waals surface area contributed by atoms with Crippen molar-refractivity contribution in [1.82, 2.24) is 0 Å². The molecule has 0 saturated heterocycles. The zero-order chi connectivity index (χ0) is 13.3. The molecule has 0 aliphatic carbocycles. The molecule has 18 heavy (non-hydrogen) atoms. The molecule has 1 unspecified atom stereocenters. The summed E-state index contributed by atoms with van der Waals surface area (Å²) < 4.78 is 14.9. The van der Waals surface area contributed by atoms with Crippen LogP contribution in [0.5, 0.6) is 11.5 Å². The van der Waals surface area contributed by atoms with Crippen molar-refractivity contribution in [3.63, 3.8) is 0 Å². The Morgan fingerprint density at radius 2 is 2.11 bits per heavy atom. The van der Waals surface area contributed by atoms with Crippen molar-refractivity contribution in [3.8, 4) is 11.5 Å². The van der Waals surface area contributed by atoms with Crippen molar-refractivity contribution in [1.29, 1.82) is 0 Å². The van der Waals surface area contributed by atoms with Crippen molar-refractivity contribution in [3.05, 3.63) is 27.8 Å². The lowest BCUT2D eigenvalue weighted by Gasteiger charge is -2.12. The summed E-state index contributed by atoms with van der Waals surface area (Å²) >= 11 is 0. The number of nitro benzene ring substituents is 1. The van der Waals surface area contributed by atoms with Crippen LogP contribution in [0.4, 0.5) is 10.5 Å². The second kappa shape index (κ2) is 4.40. The normalized spacial score (nSPS) is 14.1. The third-order valence-corrected chi connectivity index (χ3v) is 2.45. The third kappa shape index (κ3) is 2.12. The first-order valence-electron chi connectivity index (χ1n) is 5.03. The number of fused-ring (bicyclic) bond motifs is 1. The van der Waals surface area contributed by atoms with Crippen LogP contribution in [-0.2, 0) is 4.74 Å². The molecule has 2 N–H and O–H groups in total. The first-order chi connectivity index (χ1) is 8.49. The molecule has 8 heteroatoms. The molecule has 1 amide bonds. The Balaban J connectivity index is 2.44. The lowest BCUT2D eigenvalue weighted by atomic mass is 10.1. The summed E-state index contributed by atoms with van der Waals surface area (Å²) in [6.45, 7) is 1.48. The summed E-state index contributed by atoms with van der Waals surface area (Å²) in [5, 5.41) is 10.9. The van der Waals surface area contributed by atoms with Gasteiger partial charge in [0.15, 0.2) is 11.5 Å². The number of nitro groups is 1. The maximum atomic E-state index is 10.9. The van der Waals surface area contributed by atoms with E-state index in [-0.39, 0.29) is 23.8 Å². The Bertz CT molecular complexity index is 515. The number of carbonyl (C=O) groups is 1. The van der Waals surface area contributed by atoms with E-state index in [2.05, 4.69) is 0 Å². The first-order valence-corrected chi connectivity index (χ1v) is 5.03. The molecule has 96 valence electrons. The van der Waals surface area contributed by atoms with Gasteiger partial charge in [-0.1, -0.05) is 0 Å². The number of benzene rings is 1. The zero-order valence-corrected chi connectivity index (χ0v) is 9.41. The molecular weight excluding hydrogens is 244 g/mol. The highest BCUT2D eigenvalue weighted by atomic mass is 16.7. The highest BCUT2D eigenvalue weighted by Gasteiger charge is 2.27. The SMILES string of the molecule is CC(OC(N)=O)c1cc2c(cc1[N+](=O)[O-])OCO2. The van der Waals surface area contributed by atoms with E-state index in [0.29, 0.717) is 5.75 Å². The number of rotatable bonds is 3. The van der Waals surface area contributed by atoms with E-state index in [1.54, 1.807) is 0 Å². The lowest BCUT2D eigenvalue weighted by molar-refractivity contribution is -0.386. The van der Waals surface area contributed by atoms with Crippen LogP contribution in [0.2, 0.25) is 0 Å². The van der Waals surface area contributed by atoms with E-state index in [0.717, 1.165) is 0 Å². The fourth-order valence-corrected chi connectivity index (χ4v) is 1.67. The van der Waals surface area contributed by atoms with Gasteiger partial charge in [0, 0.05) is 0 Å². The predicted molar refractivity (Wildman–Crippen MR) is 58.3 cm³/mol. The quantitative estimate of drug-likeness (QED) is 0.645. The Morgan fingerprint density at radius 1 is 1.50 bits per heavy atom. The molecule has 1 aromatic rings. The number of hydrogen-bond acceptors (Lipinski definition) is 6. The van der Waals surface area contributed by atoms with Gasteiger partial charge in [-0.05, 0) is 13.0 Å². The molecule has 1 aromatic carbocycles. The monoisotopic (exact) mass is 254 g/mol. The molecule has 1 aliphatic rings. The Morgan fingerprint density at radius 3 is 2.67 bits per heavy atom. The number of amides is 1. The van der Waals surface area contributed by atoms with Crippen LogP contribution < -0.4 is 15.2 Å². The summed E-state index contributed by atoms with van der Waals surface area (Å²) in [5.74, 6) is 0.659. The Kier molecular flexibility index (Phi) is 2.92. The summed E-state index contributed by atoms with van der Waals surface area (Å²) in [6, 6.07) is 2.65. The maximum absolute atomic E-state index is 10.9. The van der Waals surface area contributed by atoms with E-state index in [1.165, 1.54) is 19.1 Å². The van der Waals surface area contributed by atoms with Gasteiger partial charge in [-0.3, -0.25) is 10.1 Å². The van der Waals surface area contributed by atoms with E-state index in [4.69, 9.17) is 19.9 Å². The summed E-state index contributed by atoms with van der Waals surface area (Å²) in [6.07, 6.45) is -1.85. The zero-order valence-electron chi connectivity index (χ0n) is 9.41. The molecule has 0 spiro atoms. The molecule has 1 heterocycles. The summed E-state index contributed by atoms with van der Waals surface area (Å²) in [4.78, 5) is 21.0. The fourth-order valence-electron chi connectivity index (χ4n) is 1.67. The molecule has 0 radical (unpaired) electrons. The van der Waals surface area contributed by atoms with E-state index in [1.807, 2.05) is 0 Å². The van der Waals surface area contributed by atoms with Crippen LogP contribution in [0.25, 0.3) is 0 Å². The van der Waals surface area contributed by atoms with Crippen molar-refractivity contribution in [2.75, 3.05) is 6.79 Å². The number of hydrogen-bond donors (Lipinski definition) is 1. The van der Waals surface area contributed by atoms with Gasteiger partial charge in [-0.25, -0.2) is 4.79 Å². The second-order valence-corrected chi connectivity index (χ2v) is 3.60. The van der Waals surface area contributed by atoms with Crippen LogP contribution in [-0.4, -0.2) is 17.8 Å². The van der Waals surface area contributed by atoms with Gasteiger partial charge < -0.3 is 19.9 Å². The molecular formula is C10H10N2O6. The molecule has 0 saturated carbocycles. The first kappa shape index (κ1) is 12.0. The van der Waals surface area contributed by atoms with Gasteiger partial charge in [0.2, 0.25) is 6.79 Å². The van der Waals surface area contributed by atoms with Crippen LogP contribution in [0.3, 0.4) is 0 Å². The third-order valence-electron chi connectivity index (χ3n) is 2.45. The Hall–Kier alpha value is -2.51. The number of nitrogens with zero attached hydrogens (tertiary/aromatic N) is 1. The van der Waals surface area contributed by atoms with Crippen molar-refractivity contribution in [2.24, 2.45) is 5.73 Å². The van der Waals surface area contributed by atoms with Crippen LogP contribution >= 0.6 is 0 Å². The van der Waals surface area contributed by atoms with E-state index >= 15 is 0 Å². The minimum atomic E-state index is -1.01. The van der Waals surface area contributed by atoms with Crippen LogP contribution in [0.15, 0.2) is 12.1 Å². The molecule has 0 fully saturated rings. The molecule has 0 bridgehead atoms. The molecule has 2 rings (SSSR count). The largest absolute Gasteiger partial charge is 0.454 e. The van der Waals surface area contributed by atoms with Crippen LogP contribution in [0, 0.1) is 10.1 Å². The average Bonchev–Trinajstić information content (AvgIpc) is 2.72. The fraction of sp³-hybridized carbons (Fsp3) is 0.300. The predicted octanol–water partition coefficient (Wildman–Crippen LogP) is 1.48. The summed E-state index contributed by atoms with van der Waals surface area (Å²) in [5.41, 5.74) is 4.87. The van der Waals surface area contributed by atoms with Gasteiger partial charge in [0.25, 0.3) is 5.69 Å². The van der Waals surface area contributed by atoms with Gasteiger partial charge in [0.1, 0.15) is 6.10 Å². The van der Waals surface area contributed by atoms with Crippen molar-refractivity contribution >= 4 is 11.8 Å². The minimum Gasteiger partial charge on any atom is -0.454 e. The Labute approximate surface area is 101 Å². The lowest BCUT2D eigenvalue weighted by Crippen LogP contribution is -2.16. The highest BCUT2D eigenvalue weighted by molar-refractivity contribution is 5.65. The molecule has 8 nitrogen and oxygen atoms in total. The molecule has 1 atom stereocenters. The smallest absolute Gasteiger partial charge is 0.405 e. The number of nitrogens with two attached hydrogens (primary N) is 1. The summed E-state index contributed by atoms with van der Waals surface area (Å²) in [7, 11) is 0. The standard InChI is InChI=1S/C10H10N2O6/c1-5(18-10(11)13)6-2-8-9(17-4-16-8)3-7(6)12(14)15/h2-3,5H,4H2,1H3,(H2,11,13). The van der Waals surface area contributed by atoms with Crippen molar-refractivity contribution < 1.29 is 23.9 Å². The topological polar surface area (TPSA) is 114 Å². The number of ether oxygens (including phenoxy) is 3. The van der Waals surface area contributed by atoms with Gasteiger partial charge in [-0.15, -0.1) is 0 Å². The second-order valence-electron chi connectivity index (χ2n) is 3.60. The minimum absolute atomic E-state index is 0.000991. The van der Waals surface area contributed by atoms with Crippen LogP contribution in [0.1, 0.15) is 18.6 Å². The van der Waals surface area contributed by atoms with Gasteiger partial charge in [0.05, 0.1) is 16.6 Å². The molecule has 0 aromatic heterocycles. The average molecular weight is 254 g/mol. The molecule has 1 aliphatic heterocycles. The highest BCUT2D eigenvalue weighted by Crippen LogP contribution is 2.40. The maximum Gasteiger partial charge on any atom is 0.405 e. The van der Waals surface area contributed by atoms with E-state index in [9.17, 15) is 14.9 Å². The number of primary amides is 1. The van der Waals surface area contributed by atoms with E-state index < -0.39 is 17.1 Å². The van der Waals surface area contributed by atoms with Gasteiger partial charge >= 0.3 is 6.09 Å². The van der Waals surface area contributed by atoms with Gasteiger partial charge in [-0.2, -0.15) is 0 Å².